The van der Waals surface area contributed by atoms with E-state index in [2.05, 4.69) is 68.1 Å². The van der Waals surface area contributed by atoms with E-state index in [0.717, 1.165) is 41.2 Å². The van der Waals surface area contributed by atoms with E-state index in [-0.39, 0.29) is 0 Å². The topological polar surface area (TPSA) is 34.1 Å². The summed E-state index contributed by atoms with van der Waals surface area (Å²) in [4.78, 5) is 7.45. The van der Waals surface area contributed by atoms with Crippen LogP contribution in [-0.4, -0.2) is 30.0 Å². The molecule has 0 aliphatic carbocycles. The molecule has 0 heterocycles. The van der Waals surface area contributed by atoms with Crippen molar-refractivity contribution in [2.45, 2.75) is 33.9 Å². The number of hydrogen-bond donors (Lipinski definition) is 0. The van der Waals surface area contributed by atoms with E-state index in [9.17, 15) is 0 Å². The van der Waals surface area contributed by atoms with Gasteiger partial charge in [-0.2, -0.15) is 0 Å². The van der Waals surface area contributed by atoms with Gasteiger partial charge in [0.1, 0.15) is 11.5 Å². The lowest BCUT2D eigenvalue weighted by Crippen LogP contribution is -2.28. The molecule has 0 radical (unpaired) electrons. The molecule has 4 nitrogen and oxygen atoms in total. The lowest BCUT2D eigenvalue weighted by molar-refractivity contribution is 0.405. The second-order valence-electron chi connectivity index (χ2n) is 7.67. The third-order valence-corrected chi connectivity index (χ3v) is 6.07. The monoisotopic (exact) mass is 448 g/mol. The van der Waals surface area contributed by atoms with Gasteiger partial charge in [-0.3, -0.25) is 0 Å². The van der Waals surface area contributed by atoms with E-state index in [0.29, 0.717) is 0 Å². The SMILES string of the molecule is CCSC(=Nc1ccc(C)cc1C)N(Cc1ccc(OC)cc1)Cc1ccc(OC)cc1. The Bertz CT molecular complexity index is 981. The first-order chi connectivity index (χ1) is 15.5. The highest BCUT2D eigenvalue weighted by atomic mass is 32.2. The molecule has 5 heteroatoms. The summed E-state index contributed by atoms with van der Waals surface area (Å²) in [6.45, 7) is 7.92. The Kier molecular flexibility index (Phi) is 8.63. The largest absolute Gasteiger partial charge is 0.497 e. The molecule has 3 aromatic carbocycles. The number of aryl methyl sites for hydroxylation is 2. The van der Waals surface area contributed by atoms with Crippen molar-refractivity contribution in [1.29, 1.82) is 0 Å². The van der Waals surface area contributed by atoms with E-state index in [4.69, 9.17) is 14.5 Å². The molecular weight excluding hydrogens is 416 g/mol. The highest BCUT2D eigenvalue weighted by molar-refractivity contribution is 8.13. The smallest absolute Gasteiger partial charge is 0.164 e. The predicted molar refractivity (Wildman–Crippen MR) is 136 cm³/mol. The van der Waals surface area contributed by atoms with Crippen molar-refractivity contribution >= 4 is 22.6 Å². The number of aliphatic imine (C=N–C) groups is 1. The van der Waals surface area contributed by atoms with Gasteiger partial charge in [0.05, 0.1) is 19.9 Å². The number of thioether (sulfide) groups is 1. The van der Waals surface area contributed by atoms with Crippen LogP contribution in [0.3, 0.4) is 0 Å². The Morgan fingerprint density at radius 2 is 1.34 bits per heavy atom. The Morgan fingerprint density at radius 3 is 1.78 bits per heavy atom. The molecule has 0 aliphatic heterocycles. The van der Waals surface area contributed by atoms with Crippen molar-refractivity contribution < 1.29 is 9.47 Å². The highest BCUT2D eigenvalue weighted by Crippen LogP contribution is 2.25. The molecule has 0 atom stereocenters. The zero-order chi connectivity index (χ0) is 22.9. The number of rotatable bonds is 8. The molecule has 0 N–H and O–H groups in total. The van der Waals surface area contributed by atoms with Crippen molar-refractivity contribution in [3.63, 3.8) is 0 Å². The summed E-state index contributed by atoms with van der Waals surface area (Å²) in [6.07, 6.45) is 0. The van der Waals surface area contributed by atoms with Crippen molar-refractivity contribution in [2.24, 2.45) is 4.99 Å². The van der Waals surface area contributed by atoms with Gasteiger partial charge < -0.3 is 14.4 Å². The second kappa shape index (κ2) is 11.6. The summed E-state index contributed by atoms with van der Waals surface area (Å²) in [5.41, 5.74) is 5.88. The molecule has 0 aliphatic rings. The van der Waals surface area contributed by atoms with Gasteiger partial charge in [-0.15, -0.1) is 0 Å². The zero-order valence-electron chi connectivity index (χ0n) is 19.6. The van der Waals surface area contributed by atoms with Crippen LogP contribution in [0, 0.1) is 13.8 Å². The number of methoxy groups -OCH3 is 2. The quantitative estimate of drug-likeness (QED) is 0.281. The van der Waals surface area contributed by atoms with Crippen LogP contribution in [0.2, 0.25) is 0 Å². The van der Waals surface area contributed by atoms with Gasteiger partial charge in [0.15, 0.2) is 5.17 Å². The van der Waals surface area contributed by atoms with Gasteiger partial charge in [0, 0.05) is 13.1 Å². The number of ether oxygens (including phenoxy) is 2. The number of hydrogen-bond acceptors (Lipinski definition) is 4. The van der Waals surface area contributed by atoms with Crippen LogP contribution >= 0.6 is 11.8 Å². The van der Waals surface area contributed by atoms with Crippen molar-refractivity contribution in [3.8, 4) is 11.5 Å². The molecule has 3 rings (SSSR count). The average Bonchev–Trinajstić information content (AvgIpc) is 2.81. The van der Waals surface area contributed by atoms with E-state index in [1.807, 2.05) is 24.3 Å². The first-order valence-corrected chi connectivity index (χ1v) is 11.8. The van der Waals surface area contributed by atoms with Gasteiger partial charge >= 0.3 is 0 Å². The maximum Gasteiger partial charge on any atom is 0.164 e. The van der Waals surface area contributed by atoms with Crippen LogP contribution in [0.5, 0.6) is 11.5 Å². The molecule has 0 unspecified atom stereocenters. The van der Waals surface area contributed by atoms with Crippen LogP contribution in [0.15, 0.2) is 71.7 Å². The molecule has 168 valence electrons. The number of amidine groups is 1. The fraction of sp³-hybridized carbons (Fsp3) is 0.296. The maximum atomic E-state index is 5.33. The Morgan fingerprint density at radius 1 is 0.812 bits per heavy atom. The van der Waals surface area contributed by atoms with Gasteiger partial charge in [-0.25, -0.2) is 4.99 Å². The summed E-state index contributed by atoms with van der Waals surface area (Å²) in [7, 11) is 3.38. The van der Waals surface area contributed by atoms with E-state index in [1.165, 1.54) is 22.3 Å². The lowest BCUT2D eigenvalue weighted by Gasteiger charge is -2.26. The molecule has 0 bridgehead atoms. The Hall–Kier alpha value is -2.92. The Labute approximate surface area is 196 Å². The fourth-order valence-electron chi connectivity index (χ4n) is 3.45. The van der Waals surface area contributed by atoms with E-state index < -0.39 is 0 Å². The first-order valence-electron chi connectivity index (χ1n) is 10.8. The second-order valence-corrected chi connectivity index (χ2v) is 8.90. The molecule has 0 saturated heterocycles. The minimum atomic E-state index is 0.757. The molecule has 0 saturated carbocycles. The van der Waals surface area contributed by atoms with Gasteiger partial charge in [0.2, 0.25) is 0 Å². The molecule has 3 aromatic rings. The molecule has 0 amide bonds. The van der Waals surface area contributed by atoms with E-state index in [1.54, 1.807) is 26.0 Å². The van der Waals surface area contributed by atoms with Crippen LogP contribution < -0.4 is 9.47 Å². The number of benzene rings is 3. The lowest BCUT2D eigenvalue weighted by atomic mass is 10.1. The van der Waals surface area contributed by atoms with Crippen molar-refractivity contribution in [1.82, 2.24) is 4.90 Å². The van der Waals surface area contributed by atoms with Gasteiger partial charge in [-0.05, 0) is 66.6 Å². The van der Waals surface area contributed by atoms with Crippen molar-refractivity contribution in [3.05, 3.63) is 89.0 Å². The highest BCUT2D eigenvalue weighted by Gasteiger charge is 2.15. The fourth-order valence-corrected chi connectivity index (χ4v) is 4.18. The summed E-state index contributed by atoms with van der Waals surface area (Å²) < 4.78 is 10.7. The summed E-state index contributed by atoms with van der Waals surface area (Å²) in [5, 5.41) is 1.02. The standard InChI is InChI=1S/C27H32N2O2S/c1-6-32-27(28-26-16-7-20(2)17-21(26)3)29(18-22-8-12-24(30-4)13-9-22)19-23-10-14-25(31-5)15-11-23/h7-17H,6,18-19H2,1-5H3. The molecule has 0 spiro atoms. The van der Waals surface area contributed by atoms with Crippen LogP contribution in [0.25, 0.3) is 0 Å². The van der Waals surface area contributed by atoms with E-state index >= 15 is 0 Å². The summed E-state index contributed by atoms with van der Waals surface area (Å²) in [5.74, 6) is 2.68. The maximum absolute atomic E-state index is 5.33. The molecule has 0 fully saturated rings. The van der Waals surface area contributed by atoms with Crippen LogP contribution in [0.1, 0.15) is 29.2 Å². The van der Waals surface area contributed by atoms with Crippen LogP contribution in [0.4, 0.5) is 5.69 Å². The first kappa shape index (κ1) is 23.7. The summed E-state index contributed by atoms with van der Waals surface area (Å²) in [6, 6.07) is 22.9. The minimum absolute atomic E-state index is 0.757. The average molecular weight is 449 g/mol. The minimum Gasteiger partial charge on any atom is -0.497 e. The Balaban J connectivity index is 1.96. The number of nitrogens with zero attached hydrogens (tertiary/aromatic N) is 2. The molecular formula is C27H32N2O2S. The molecule has 32 heavy (non-hydrogen) atoms. The normalized spacial score (nSPS) is 11.3. The van der Waals surface area contributed by atoms with Gasteiger partial charge in [0.25, 0.3) is 0 Å². The van der Waals surface area contributed by atoms with Gasteiger partial charge in [-0.1, -0.05) is 60.6 Å². The van der Waals surface area contributed by atoms with Crippen LogP contribution in [-0.2, 0) is 13.1 Å². The summed E-state index contributed by atoms with van der Waals surface area (Å²) >= 11 is 1.77. The third kappa shape index (κ3) is 6.54. The molecule has 0 aromatic heterocycles. The predicted octanol–water partition coefficient (Wildman–Crippen LogP) is 6.76. The third-order valence-electron chi connectivity index (χ3n) is 5.18. The zero-order valence-corrected chi connectivity index (χ0v) is 20.4. The van der Waals surface area contributed by atoms with Crippen molar-refractivity contribution in [2.75, 3.05) is 20.0 Å².